The van der Waals surface area contributed by atoms with E-state index in [2.05, 4.69) is 15.0 Å². The molecule has 2 aromatic carbocycles. The van der Waals surface area contributed by atoms with Crippen LogP contribution >= 0.6 is 0 Å². The third-order valence-corrected chi connectivity index (χ3v) is 11.4. The van der Waals surface area contributed by atoms with Crippen LogP contribution in [0.2, 0.25) is 0 Å². The summed E-state index contributed by atoms with van der Waals surface area (Å²) < 4.78 is 150. The highest BCUT2D eigenvalue weighted by Gasteiger charge is 2.34. The van der Waals surface area contributed by atoms with E-state index in [-0.39, 0.29) is 70.3 Å². The maximum Gasteiger partial charge on any atom is 0.407 e. The van der Waals surface area contributed by atoms with Gasteiger partial charge in [0, 0.05) is 56.9 Å². The number of hydrogen-bond acceptors (Lipinski definition) is 20. The van der Waals surface area contributed by atoms with Crippen molar-refractivity contribution < 1.29 is 107 Å². The van der Waals surface area contributed by atoms with E-state index in [1.807, 2.05) is 6.92 Å². The number of hydrogen-bond donors (Lipinski definition) is 3. The first-order valence-electron chi connectivity index (χ1n) is 25.4. The molecule has 0 saturated carbocycles. The number of carbonyl (C=O) groups excluding carboxylic acids is 4. The lowest BCUT2D eigenvalue weighted by molar-refractivity contribution is -0.136. The molecule has 0 atom stereocenters. The first kappa shape index (κ1) is 67.8. The lowest BCUT2D eigenvalue weighted by atomic mass is 10.0. The molecule has 3 rings (SSSR count). The molecular weight excluding hydrogens is 1080 g/mol. The van der Waals surface area contributed by atoms with Crippen LogP contribution in [0.5, 0.6) is 5.75 Å². The van der Waals surface area contributed by atoms with Crippen molar-refractivity contribution in [1.29, 1.82) is 0 Å². The summed E-state index contributed by atoms with van der Waals surface area (Å²) in [6, 6.07) is 5.13. The third-order valence-electron chi connectivity index (χ3n) is 10.5. The van der Waals surface area contributed by atoms with Crippen LogP contribution < -0.4 is 15.8 Å². The number of halogens is 4. The van der Waals surface area contributed by atoms with Gasteiger partial charge < -0.3 is 77.7 Å². The molecule has 0 aliphatic carbocycles. The number of rotatable bonds is 43. The molecule has 79 heavy (non-hydrogen) atoms. The van der Waals surface area contributed by atoms with Crippen LogP contribution in [0.1, 0.15) is 48.5 Å². The fourth-order valence-electron chi connectivity index (χ4n) is 6.72. The SMILES string of the molecule is CCCN(CCCNC(=O)OCCOCCOCCOCCOCCOCCOCCOCCOCCOCCOCCC(=O)Oc1c(F)c(F)c(S(=O)(=O)O)c(F)c1F)C(=O)C1=Cc2ccc(C(=O)N(C)C)cc2N=C(N)C1. The molecule has 1 aliphatic heterocycles. The largest absolute Gasteiger partial charge is 0.447 e. The minimum absolute atomic E-state index is 0.0141. The summed E-state index contributed by atoms with van der Waals surface area (Å²) in [5.74, 6) is -12.7. The number of ether oxygens (including phenoxy) is 12. The van der Waals surface area contributed by atoms with Gasteiger partial charge in [0.25, 0.3) is 5.91 Å². The van der Waals surface area contributed by atoms with Gasteiger partial charge in [0.1, 0.15) is 12.4 Å². The van der Waals surface area contributed by atoms with Gasteiger partial charge in [-0.15, -0.1) is 0 Å². The summed E-state index contributed by atoms with van der Waals surface area (Å²) >= 11 is 0. The second-order valence-corrected chi connectivity index (χ2v) is 18.2. The molecule has 0 spiro atoms. The molecular formula is C50H73F4N5O19S. The number of amides is 3. The van der Waals surface area contributed by atoms with E-state index in [4.69, 9.17) is 62.4 Å². The number of alkyl carbamates (subject to hydrolysis) is 1. The zero-order valence-corrected chi connectivity index (χ0v) is 45.6. The molecule has 0 fully saturated rings. The Morgan fingerprint density at radius 2 is 1.09 bits per heavy atom. The first-order valence-corrected chi connectivity index (χ1v) is 26.8. The molecule has 24 nitrogen and oxygen atoms in total. The Morgan fingerprint density at radius 3 is 1.52 bits per heavy atom. The Morgan fingerprint density at radius 1 is 0.646 bits per heavy atom. The molecule has 1 aliphatic rings. The molecule has 3 amide bonds. The fraction of sp³-hybridized carbons (Fsp3) is 0.620. The summed E-state index contributed by atoms with van der Waals surface area (Å²) in [5, 5.41) is 2.70. The van der Waals surface area contributed by atoms with E-state index in [0.29, 0.717) is 141 Å². The second-order valence-electron chi connectivity index (χ2n) is 16.9. The zero-order valence-electron chi connectivity index (χ0n) is 44.7. The maximum atomic E-state index is 14.0. The number of nitrogens with one attached hydrogen (secondary N) is 1. The van der Waals surface area contributed by atoms with Crippen LogP contribution in [-0.2, 0) is 71.8 Å². The van der Waals surface area contributed by atoms with E-state index < -0.39 is 62.5 Å². The number of nitrogens with two attached hydrogens (primary N) is 1. The van der Waals surface area contributed by atoms with Crippen molar-refractivity contribution >= 4 is 51.6 Å². The van der Waals surface area contributed by atoms with Crippen LogP contribution in [0, 0.1) is 23.3 Å². The average Bonchev–Trinajstić information content (AvgIpc) is 3.64. The van der Waals surface area contributed by atoms with Crippen molar-refractivity contribution in [3.05, 3.63) is 58.2 Å². The standard InChI is InChI=1S/C50H73F4N5O19S/c1-4-10-59(49(62)38-33-36-6-7-37(48(61)58(2)3)34-39(36)57-40(55)35-38)11-5-9-56-50(63)77-32-31-76-30-29-75-28-27-74-26-25-73-24-23-72-22-21-71-20-19-70-18-17-69-16-15-68-14-13-67-12-8-41(60)78-46-42(51)44(53)47(79(64,65)66)45(54)43(46)52/h6-7,33-34H,4-5,8-32,35H2,1-3H3,(H2,55,57)(H,56,63)(H,64,65,66). The minimum atomic E-state index is -5.65. The normalized spacial score (nSPS) is 12.4. The van der Waals surface area contributed by atoms with Crippen molar-refractivity contribution in [2.45, 2.75) is 37.5 Å². The van der Waals surface area contributed by atoms with Crippen LogP contribution in [0.3, 0.4) is 0 Å². The molecule has 0 aromatic heterocycles. The highest BCUT2D eigenvalue weighted by atomic mass is 32.2. The Bertz CT molecular complexity index is 2340. The number of amidine groups is 1. The van der Waals surface area contributed by atoms with Crippen molar-refractivity contribution in [3.8, 4) is 5.75 Å². The number of benzene rings is 2. The minimum Gasteiger partial charge on any atom is -0.447 e. The smallest absolute Gasteiger partial charge is 0.407 e. The van der Waals surface area contributed by atoms with Gasteiger partial charge >= 0.3 is 22.2 Å². The van der Waals surface area contributed by atoms with E-state index in [1.165, 1.54) is 4.90 Å². The van der Waals surface area contributed by atoms with Crippen molar-refractivity contribution in [3.63, 3.8) is 0 Å². The van der Waals surface area contributed by atoms with Gasteiger partial charge in [-0.25, -0.2) is 18.6 Å². The highest BCUT2D eigenvalue weighted by molar-refractivity contribution is 7.85. The van der Waals surface area contributed by atoms with E-state index in [1.54, 1.807) is 43.3 Å². The van der Waals surface area contributed by atoms with Gasteiger partial charge in [-0.2, -0.15) is 17.2 Å². The number of aliphatic imine (C=N–C) groups is 1. The number of esters is 1. The molecule has 0 saturated heterocycles. The summed E-state index contributed by atoms with van der Waals surface area (Å²) in [6.07, 6.45) is 2.01. The van der Waals surface area contributed by atoms with Gasteiger partial charge in [0.2, 0.25) is 23.3 Å². The number of fused-ring (bicyclic) bond motifs is 1. The van der Waals surface area contributed by atoms with Gasteiger partial charge in [-0.3, -0.25) is 18.9 Å². The van der Waals surface area contributed by atoms with Crippen LogP contribution in [0.4, 0.5) is 28.0 Å². The van der Waals surface area contributed by atoms with Gasteiger partial charge in [0.15, 0.2) is 16.5 Å². The molecule has 1 heterocycles. The lowest BCUT2D eigenvalue weighted by Crippen LogP contribution is -2.36. The van der Waals surface area contributed by atoms with Gasteiger partial charge in [-0.1, -0.05) is 13.0 Å². The van der Waals surface area contributed by atoms with Gasteiger partial charge in [0.05, 0.1) is 144 Å². The quantitative estimate of drug-likeness (QED) is 0.0214. The summed E-state index contributed by atoms with van der Waals surface area (Å²) in [6.45, 7) is 8.87. The first-order chi connectivity index (χ1) is 38.0. The molecule has 4 N–H and O–H groups in total. The van der Waals surface area contributed by atoms with E-state index in [0.717, 1.165) is 6.42 Å². The van der Waals surface area contributed by atoms with Crippen molar-refractivity contribution in [2.24, 2.45) is 10.7 Å². The van der Waals surface area contributed by atoms with Crippen LogP contribution in [0.15, 0.2) is 33.7 Å². The Hall–Kier alpha value is -5.44. The highest BCUT2D eigenvalue weighted by Crippen LogP contribution is 2.33. The number of nitrogens with zero attached hydrogens (tertiary/aromatic N) is 3. The van der Waals surface area contributed by atoms with E-state index in [9.17, 15) is 45.2 Å². The topological polar surface area (TPSA) is 290 Å². The predicted octanol–water partition coefficient (Wildman–Crippen LogP) is 3.48. The predicted molar refractivity (Wildman–Crippen MR) is 274 cm³/mol. The Labute approximate surface area is 456 Å². The molecule has 0 bridgehead atoms. The lowest BCUT2D eigenvalue weighted by Gasteiger charge is -2.23. The zero-order chi connectivity index (χ0) is 57.8. The molecule has 29 heteroatoms. The molecule has 0 unspecified atom stereocenters. The average molecular weight is 1160 g/mol. The van der Waals surface area contributed by atoms with Crippen molar-refractivity contribution in [2.75, 3.05) is 172 Å². The summed E-state index contributed by atoms with van der Waals surface area (Å²) in [7, 11) is -2.31. The van der Waals surface area contributed by atoms with Gasteiger partial charge in [-0.05, 0) is 31.1 Å². The number of carbonyl (C=O) groups is 4. The Kier molecular flexibility index (Phi) is 33.5. The second kappa shape index (κ2) is 39.0. The monoisotopic (exact) mass is 1160 g/mol. The Balaban J connectivity index is 1.02. The van der Waals surface area contributed by atoms with Crippen LogP contribution in [0.25, 0.3) is 6.08 Å². The third kappa shape index (κ3) is 27.1. The van der Waals surface area contributed by atoms with Crippen molar-refractivity contribution in [1.82, 2.24) is 15.1 Å². The fourth-order valence-corrected chi connectivity index (χ4v) is 7.35. The van der Waals surface area contributed by atoms with E-state index >= 15 is 0 Å². The summed E-state index contributed by atoms with van der Waals surface area (Å²) in [5.41, 5.74) is 8.37. The molecule has 446 valence electrons. The molecule has 0 radical (unpaired) electrons. The maximum absolute atomic E-state index is 14.0. The van der Waals surface area contributed by atoms with Crippen LogP contribution in [-0.4, -0.2) is 225 Å². The molecule has 2 aromatic rings. The summed E-state index contributed by atoms with van der Waals surface area (Å²) in [4.78, 5) is 55.5.